The van der Waals surface area contributed by atoms with Crippen LogP contribution in [0.1, 0.15) is 18.4 Å². The Kier molecular flexibility index (Phi) is 5.43. The summed E-state index contributed by atoms with van der Waals surface area (Å²) in [5, 5.41) is 14.0. The molecule has 30 heavy (non-hydrogen) atoms. The third kappa shape index (κ3) is 4.20. The molecule has 1 aliphatic heterocycles. The van der Waals surface area contributed by atoms with Crippen molar-refractivity contribution in [2.75, 3.05) is 18.4 Å². The molecule has 1 saturated carbocycles. The van der Waals surface area contributed by atoms with Crippen molar-refractivity contribution >= 4 is 5.82 Å². The van der Waals surface area contributed by atoms with E-state index in [9.17, 15) is 5.11 Å². The average Bonchev–Trinajstić information content (AvgIpc) is 3.16. The number of pyridine rings is 1. The number of anilines is 1. The van der Waals surface area contributed by atoms with Gasteiger partial charge in [-0.3, -0.25) is 14.9 Å². The maximum atomic E-state index is 10.7. The largest absolute Gasteiger partial charge is 0.391 e. The second-order valence-electron chi connectivity index (χ2n) is 8.51. The minimum absolute atomic E-state index is 0.0422. The SMILES string of the molecule is O[C@@H]1C[C@H]2CN(Cc3ccc(-c4ccccn4)cc3)C[C@H]2C[C@H]1Nc1cnccn1. The maximum Gasteiger partial charge on any atom is 0.144 e. The van der Waals surface area contributed by atoms with Crippen LogP contribution in [-0.2, 0) is 6.54 Å². The molecule has 2 fully saturated rings. The zero-order valence-corrected chi connectivity index (χ0v) is 16.9. The van der Waals surface area contributed by atoms with Gasteiger partial charge < -0.3 is 10.4 Å². The highest BCUT2D eigenvalue weighted by molar-refractivity contribution is 5.58. The molecule has 3 heterocycles. The van der Waals surface area contributed by atoms with Crippen molar-refractivity contribution in [2.24, 2.45) is 11.8 Å². The molecule has 3 aromatic rings. The minimum atomic E-state index is -0.342. The van der Waals surface area contributed by atoms with Crippen molar-refractivity contribution in [3.8, 4) is 11.3 Å². The molecule has 0 spiro atoms. The summed E-state index contributed by atoms with van der Waals surface area (Å²) in [6, 6.07) is 14.8. The van der Waals surface area contributed by atoms with Gasteiger partial charge in [0, 0.05) is 43.8 Å². The maximum absolute atomic E-state index is 10.7. The molecule has 0 radical (unpaired) electrons. The molecule has 6 heteroatoms. The molecule has 2 N–H and O–H groups in total. The van der Waals surface area contributed by atoms with Crippen LogP contribution in [0.2, 0.25) is 0 Å². The van der Waals surface area contributed by atoms with Crippen molar-refractivity contribution in [3.05, 3.63) is 72.8 Å². The summed E-state index contributed by atoms with van der Waals surface area (Å²) in [7, 11) is 0. The molecule has 0 unspecified atom stereocenters. The average molecular weight is 402 g/mol. The van der Waals surface area contributed by atoms with Gasteiger partial charge in [-0.25, -0.2) is 4.98 Å². The van der Waals surface area contributed by atoms with Crippen molar-refractivity contribution in [2.45, 2.75) is 31.5 Å². The number of hydrogen-bond acceptors (Lipinski definition) is 6. The summed E-state index contributed by atoms with van der Waals surface area (Å²) in [6.07, 6.45) is 8.36. The van der Waals surface area contributed by atoms with Gasteiger partial charge in [0.2, 0.25) is 0 Å². The van der Waals surface area contributed by atoms with Gasteiger partial charge in [0.05, 0.1) is 24.0 Å². The Morgan fingerprint density at radius 1 is 0.933 bits per heavy atom. The Morgan fingerprint density at radius 2 is 1.77 bits per heavy atom. The highest BCUT2D eigenvalue weighted by atomic mass is 16.3. The van der Waals surface area contributed by atoms with E-state index in [0.717, 1.165) is 49.6 Å². The number of benzene rings is 1. The monoisotopic (exact) mass is 401 g/mol. The van der Waals surface area contributed by atoms with Gasteiger partial charge in [0.15, 0.2) is 0 Å². The fourth-order valence-corrected chi connectivity index (χ4v) is 4.95. The van der Waals surface area contributed by atoms with Gasteiger partial charge in [-0.1, -0.05) is 30.3 Å². The lowest BCUT2D eigenvalue weighted by Crippen LogP contribution is -2.43. The molecule has 154 valence electrons. The van der Waals surface area contributed by atoms with E-state index in [2.05, 4.69) is 49.4 Å². The molecule has 1 saturated heterocycles. The summed E-state index contributed by atoms with van der Waals surface area (Å²) in [6.45, 7) is 3.09. The highest BCUT2D eigenvalue weighted by Gasteiger charge is 2.41. The summed E-state index contributed by atoms with van der Waals surface area (Å²) >= 11 is 0. The number of hydrogen-bond donors (Lipinski definition) is 2. The Hall–Kier alpha value is -2.83. The van der Waals surface area contributed by atoms with Crippen LogP contribution >= 0.6 is 0 Å². The number of likely N-dealkylation sites (tertiary alicyclic amines) is 1. The number of nitrogens with one attached hydrogen (secondary N) is 1. The third-order valence-corrected chi connectivity index (χ3v) is 6.43. The van der Waals surface area contributed by atoms with Gasteiger partial charge >= 0.3 is 0 Å². The van der Waals surface area contributed by atoms with Crippen LogP contribution < -0.4 is 5.32 Å². The lowest BCUT2D eigenvalue weighted by molar-refractivity contribution is 0.0735. The molecule has 0 bridgehead atoms. The van der Waals surface area contributed by atoms with Gasteiger partial charge in [0.1, 0.15) is 5.82 Å². The van der Waals surface area contributed by atoms with Gasteiger partial charge in [-0.15, -0.1) is 0 Å². The third-order valence-electron chi connectivity index (χ3n) is 6.43. The lowest BCUT2D eigenvalue weighted by atomic mass is 9.77. The van der Waals surface area contributed by atoms with E-state index in [1.165, 1.54) is 5.56 Å². The molecule has 0 amide bonds. The lowest BCUT2D eigenvalue weighted by Gasteiger charge is -2.35. The number of fused-ring (bicyclic) bond motifs is 1. The fraction of sp³-hybridized carbons (Fsp3) is 0.375. The second kappa shape index (κ2) is 8.50. The van der Waals surface area contributed by atoms with Crippen molar-refractivity contribution < 1.29 is 5.11 Å². The summed E-state index contributed by atoms with van der Waals surface area (Å²) < 4.78 is 0. The first-order valence-electron chi connectivity index (χ1n) is 10.7. The van der Waals surface area contributed by atoms with E-state index in [4.69, 9.17) is 0 Å². The van der Waals surface area contributed by atoms with Crippen LogP contribution in [0.15, 0.2) is 67.3 Å². The Balaban J connectivity index is 1.19. The molecular weight excluding hydrogens is 374 g/mol. The van der Waals surface area contributed by atoms with Gasteiger partial charge in [-0.2, -0.15) is 0 Å². The zero-order valence-electron chi connectivity index (χ0n) is 16.9. The van der Waals surface area contributed by atoms with Crippen molar-refractivity contribution in [3.63, 3.8) is 0 Å². The van der Waals surface area contributed by atoms with E-state index in [1.54, 1.807) is 18.6 Å². The number of nitrogens with zero attached hydrogens (tertiary/aromatic N) is 4. The number of aliphatic hydroxyl groups is 1. The fourth-order valence-electron chi connectivity index (χ4n) is 4.95. The normalized spacial score (nSPS) is 26.3. The van der Waals surface area contributed by atoms with Crippen LogP contribution in [0.4, 0.5) is 5.82 Å². The topological polar surface area (TPSA) is 74.2 Å². The molecule has 2 aromatic heterocycles. The van der Waals surface area contributed by atoms with Crippen LogP contribution in [0.3, 0.4) is 0 Å². The Labute approximate surface area is 177 Å². The first-order valence-corrected chi connectivity index (χ1v) is 10.7. The standard InChI is InChI=1S/C24H27N5O/c30-23-12-20-16-29(15-19(20)11-22(23)28-24-13-25-9-10-27-24)14-17-4-6-18(7-5-17)21-3-1-2-8-26-21/h1-10,13,19-20,22-23,30H,11-12,14-16H2,(H,27,28)/t19-,20+,22-,23-/m1/s1. The molecule has 6 nitrogen and oxygen atoms in total. The summed E-state index contributed by atoms with van der Waals surface area (Å²) in [5.74, 6) is 1.91. The van der Waals surface area contributed by atoms with E-state index in [-0.39, 0.29) is 12.1 Å². The first-order chi connectivity index (χ1) is 14.7. The number of aromatic nitrogens is 3. The summed E-state index contributed by atoms with van der Waals surface area (Å²) in [4.78, 5) is 15.4. The van der Waals surface area contributed by atoms with Crippen LogP contribution in [0, 0.1) is 11.8 Å². The minimum Gasteiger partial charge on any atom is -0.391 e. The quantitative estimate of drug-likeness (QED) is 0.684. The van der Waals surface area contributed by atoms with E-state index >= 15 is 0 Å². The molecule has 5 rings (SSSR count). The molecule has 4 atom stereocenters. The molecule has 2 aliphatic rings. The number of rotatable bonds is 5. The Morgan fingerprint density at radius 3 is 2.50 bits per heavy atom. The van der Waals surface area contributed by atoms with E-state index in [1.807, 2.05) is 24.4 Å². The van der Waals surface area contributed by atoms with Crippen molar-refractivity contribution in [1.82, 2.24) is 19.9 Å². The smallest absolute Gasteiger partial charge is 0.144 e. The number of aliphatic hydroxyl groups excluding tert-OH is 1. The van der Waals surface area contributed by atoms with Gasteiger partial charge in [-0.05, 0) is 42.4 Å². The van der Waals surface area contributed by atoms with E-state index < -0.39 is 0 Å². The second-order valence-corrected chi connectivity index (χ2v) is 8.51. The molecular formula is C24H27N5O. The molecule has 1 aromatic carbocycles. The van der Waals surface area contributed by atoms with E-state index in [0.29, 0.717) is 11.8 Å². The van der Waals surface area contributed by atoms with Crippen LogP contribution in [0.5, 0.6) is 0 Å². The predicted octanol–water partition coefficient (Wildman–Crippen LogP) is 3.22. The first kappa shape index (κ1) is 19.2. The summed E-state index contributed by atoms with van der Waals surface area (Å²) in [5.41, 5.74) is 3.48. The molecule has 1 aliphatic carbocycles. The van der Waals surface area contributed by atoms with Crippen LogP contribution in [-0.4, -0.2) is 50.2 Å². The Bertz CT molecular complexity index is 950. The van der Waals surface area contributed by atoms with Crippen LogP contribution in [0.25, 0.3) is 11.3 Å². The van der Waals surface area contributed by atoms with Crippen molar-refractivity contribution in [1.29, 1.82) is 0 Å². The predicted molar refractivity (Wildman–Crippen MR) is 117 cm³/mol. The van der Waals surface area contributed by atoms with Gasteiger partial charge in [0.25, 0.3) is 0 Å². The highest BCUT2D eigenvalue weighted by Crippen LogP contribution is 2.38. The zero-order chi connectivity index (χ0) is 20.3.